The molecule has 2 aliphatic rings. The average Bonchev–Trinajstić information content (AvgIpc) is 2.44. The lowest BCUT2D eigenvalue weighted by Crippen LogP contribution is -2.55. The predicted octanol–water partition coefficient (Wildman–Crippen LogP) is 2.18. The summed E-state index contributed by atoms with van der Waals surface area (Å²) in [5.74, 6) is 0.863. The van der Waals surface area contributed by atoms with Gasteiger partial charge in [-0.1, -0.05) is 20.3 Å². The molecule has 0 saturated carbocycles. The van der Waals surface area contributed by atoms with E-state index >= 15 is 0 Å². The minimum atomic E-state index is 0.748. The molecule has 0 spiro atoms. The van der Waals surface area contributed by atoms with Crippen LogP contribution in [0.4, 0.5) is 0 Å². The van der Waals surface area contributed by atoms with Gasteiger partial charge in [0.05, 0.1) is 0 Å². The van der Waals surface area contributed by atoms with Gasteiger partial charge < -0.3 is 10.2 Å². The molecule has 0 amide bonds. The third-order valence-corrected chi connectivity index (χ3v) is 5.28. The maximum atomic E-state index is 3.60. The van der Waals surface area contributed by atoms with E-state index in [4.69, 9.17) is 0 Å². The summed E-state index contributed by atoms with van der Waals surface area (Å²) in [6, 6.07) is 1.55. The first-order chi connectivity index (χ1) is 9.26. The van der Waals surface area contributed by atoms with Crippen LogP contribution >= 0.6 is 0 Å². The van der Waals surface area contributed by atoms with Crippen molar-refractivity contribution in [3.8, 4) is 0 Å². The Morgan fingerprint density at radius 2 is 1.95 bits per heavy atom. The van der Waals surface area contributed by atoms with Gasteiger partial charge in [0.1, 0.15) is 0 Å². The van der Waals surface area contributed by atoms with Crippen LogP contribution in [0.1, 0.15) is 46.5 Å². The maximum Gasteiger partial charge on any atom is 0.0261 e. The predicted molar refractivity (Wildman–Crippen MR) is 82.6 cm³/mol. The van der Waals surface area contributed by atoms with Crippen molar-refractivity contribution in [2.24, 2.45) is 5.92 Å². The SMILES string of the molecule is CCN(CC)C1CNCCC1CN1CCCCC1C. The standard InChI is InChI=1S/C16H33N3/c1-4-18(5-2)16-12-17-10-9-15(16)13-19-11-7-6-8-14(19)3/h14-17H,4-13H2,1-3H3. The smallest absolute Gasteiger partial charge is 0.0261 e. The lowest BCUT2D eigenvalue weighted by molar-refractivity contribution is 0.0672. The minimum Gasteiger partial charge on any atom is -0.315 e. The van der Waals surface area contributed by atoms with E-state index in [1.807, 2.05) is 0 Å². The molecule has 3 heteroatoms. The number of likely N-dealkylation sites (tertiary alicyclic amines) is 1. The fourth-order valence-corrected chi connectivity index (χ4v) is 3.96. The van der Waals surface area contributed by atoms with Crippen molar-refractivity contribution in [3.63, 3.8) is 0 Å². The number of hydrogen-bond donors (Lipinski definition) is 1. The molecule has 112 valence electrons. The van der Waals surface area contributed by atoms with Crippen molar-refractivity contribution in [2.75, 3.05) is 39.3 Å². The highest BCUT2D eigenvalue weighted by Gasteiger charge is 2.31. The van der Waals surface area contributed by atoms with Crippen LogP contribution in [0.15, 0.2) is 0 Å². The lowest BCUT2D eigenvalue weighted by Gasteiger charge is -2.43. The molecule has 2 rings (SSSR count). The number of nitrogens with one attached hydrogen (secondary N) is 1. The zero-order valence-electron chi connectivity index (χ0n) is 13.2. The first kappa shape index (κ1) is 15.3. The molecule has 0 aromatic rings. The van der Waals surface area contributed by atoms with Gasteiger partial charge in [0.15, 0.2) is 0 Å². The van der Waals surface area contributed by atoms with Crippen molar-refractivity contribution in [1.29, 1.82) is 0 Å². The van der Waals surface area contributed by atoms with Crippen LogP contribution in [-0.4, -0.2) is 61.2 Å². The van der Waals surface area contributed by atoms with Gasteiger partial charge in [0.25, 0.3) is 0 Å². The summed E-state index contributed by atoms with van der Waals surface area (Å²) in [5.41, 5.74) is 0. The largest absolute Gasteiger partial charge is 0.315 e. The Morgan fingerprint density at radius 1 is 1.16 bits per heavy atom. The number of rotatable bonds is 5. The molecule has 0 aromatic heterocycles. The summed E-state index contributed by atoms with van der Waals surface area (Å²) in [4.78, 5) is 5.42. The minimum absolute atomic E-state index is 0.748. The molecule has 3 atom stereocenters. The Hall–Kier alpha value is -0.120. The normalized spacial score (nSPS) is 33.8. The van der Waals surface area contributed by atoms with Gasteiger partial charge in [-0.15, -0.1) is 0 Å². The van der Waals surface area contributed by atoms with E-state index in [9.17, 15) is 0 Å². The fraction of sp³-hybridized carbons (Fsp3) is 1.00. The van der Waals surface area contributed by atoms with Crippen LogP contribution in [0.5, 0.6) is 0 Å². The summed E-state index contributed by atoms with van der Waals surface area (Å²) in [7, 11) is 0. The molecular weight excluding hydrogens is 234 g/mol. The molecule has 0 aromatic carbocycles. The van der Waals surface area contributed by atoms with Crippen LogP contribution in [0.25, 0.3) is 0 Å². The Labute approximate surface area is 119 Å². The number of likely N-dealkylation sites (N-methyl/N-ethyl adjacent to an activating group) is 1. The van der Waals surface area contributed by atoms with Gasteiger partial charge in [-0.3, -0.25) is 4.90 Å². The quantitative estimate of drug-likeness (QED) is 0.824. The molecule has 0 radical (unpaired) electrons. The van der Waals surface area contributed by atoms with E-state index in [1.54, 1.807) is 0 Å². The number of nitrogens with zero attached hydrogens (tertiary/aromatic N) is 2. The van der Waals surface area contributed by atoms with Gasteiger partial charge >= 0.3 is 0 Å². The van der Waals surface area contributed by atoms with Crippen molar-refractivity contribution in [3.05, 3.63) is 0 Å². The molecule has 2 aliphatic heterocycles. The summed E-state index contributed by atoms with van der Waals surface area (Å²) in [6.45, 7) is 14.5. The summed E-state index contributed by atoms with van der Waals surface area (Å²) >= 11 is 0. The van der Waals surface area contributed by atoms with Crippen LogP contribution in [0.3, 0.4) is 0 Å². The molecule has 0 bridgehead atoms. The second-order valence-corrected chi connectivity index (χ2v) is 6.38. The molecule has 19 heavy (non-hydrogen) atoms. The van der Waals surface area contributed by atoms with Crippen molar-refractivity contribution in [1.82, 2.24) is 15.1 Å². The summed E-state index contributed by atoms with van der Waals surface area (Å²) in [5, 5.41) is 3.60. The van der Waals surface area contributed by atoms with E-state index in [0.29, 0.717) is 0 Å². The highest BCUT2D eigenvalue weighted by Crippen LogP contribution is 2.24. The fourth-order valence-electron chi connectivity index (χ4n) is 3.96. The first-order valence-corrected chi connectivity index (χ1v) is 8.45. The van der Waals surface area contributed by atoms with Crippen molar-refractivity contribution < 1.29 is 0 Å². The van der Waals surface area contributed by atoms with Gasteiger partial charge in [-0.2, -0.15) is 0 Å². The average molecular weight is 267 g/mol. The Kier molecular flexibility index (Phi) is 6.11. The van der Waals surface area contributed by atoms with E-state index in [0.717, 1.165) is 18.0 Å². The van der Waals surface area contributed by atoms with Crippen LogP contribution in [0, 0.1) is 5.92 Å². The summed E-state index contributed by atoms with van der Waals surface area (Å²) < 4.78 is 0. The number of hydrogen-bond acceptors (Lipinski definition) is 3. The molecule has 1 N–H and O–H groups in total. The van der Waals surface area contributed by atoms with Crippen molar-refractivity contribution in [2.45, 2.75) is 58.5 Å². The maximum absolute atomic E-state index is 3.60. The highest BCUT2D eigenvalue weighted by molar-refractivity contribution is 4.88. The molecule has 2 heterocycles. The zero-order valence-corrected chi connectivity index (χ0v) is 13.2. The Balaban J connectivity index is 1.94. The molecule has 3 unspecified atom stereocenters. The molecule has 2 saturated heterocycles. The van der Waals surface area contributed by atoms with Gasteiger partial charge in [-0.25, -0.2) is 0 Å². The third kappa shape index (κ3) is 3.93. The highest BCUT2D eigenvalue weighted by atomic mass is 15.2. The van der Waals surface area contributed by atoms with E-state index < -0.39 is 0 Å². The molecule has 0 aliphatic carbocycles. The second kappa shape index (κ2) is 7.61. The Bertz CT molecular complexity index is 252. The molecule has 3 nitrogen and oxygen atoms in total. The summed E-state index contributed by atoms with van der Waals surface area (Å²) in [6.07, 6.45) is 5.60. The lowest BCUT2D eigenvalue weighted by atomic mass is 9.89. The second-order valence-electron chi connectivity index (χ2n) is 6.38. The van der Waals surface area contributed by atoms with Gasteiger partial charge in [0.2, 0.25) is 0 Å². The Morgan fingerprint density at radius 3 is 2.63 bits per heavy atom. The van der Waals surface area contributed by atoms with Crippen LogP contribution in [-0.2, 0) is 0 Å². The van der Waals surface area contributed by atoms with Gasteiger partial charge in [-0.05, 0) is 58.3 Å². The molecule has 2 fully saturated rings. The number of piperidine rings is 2. The van der Waals surface area contributed by atoms with E-state index in [2.05, 4.69) is 35.9 Å². The van der Waals surface area contributed by atoms with E-state index in [-0.39, 0.29) is 0 Å². The van der Waals surface area contributed by atoms with Crippen LogP contribution in [0.2, 0.25) is 0 Å². The van der Waals surface area contributed by atoms with E-state index in [1.165, 1.54) is 65.0 Å². The van der Waals surface area contributed by atoms with Crippen LogP contribution < -0.4 is 5.32 Å². The van der Waals surface area contributed by atoms with Crippen molar-refractivity contribution >= 4 is 0 Å². The molecular formula is C16H33N3. The zero-order chi connectivity index (χ0) is 13.7. The third-order valence-electron chi connectivity index (χ3n) is 5.28. The topological polar surface area (TPSA) is 18.5 Å². The van der Waals surface area contributed by atoms with Gasteiger partial charge in [0, 0.05) is 25.2 Å². The first-order valence-electron chi connectivity index (χ1n) is 8.45. The monoisotopic (exact) mass is 267 g/mol.